The van der Waals surface area contributed by atoms with Gasteiger partial charge in [0.25, 0.3) is 0 Å². The lowest BCUT2D eigenvalue weighted by Gasteiger charge is -2.13. The van der Waals surface area contributed by atoms with E-state index >= 15 is 0 Å². The predicted molar refractivity (Wildman–Crippen MR) is 67.6 cm³/mol. The molecule has 0 saturated heterocycles. The number of methoxy groups -OCH3 is 1. The van der Waals surface area contributed by atoms with Crippen LogP contribution in [0, 0.1) is 11.3 Å². The monoisotopic (exact) mass is 267 g/mol. The number of carbonyl (C=O) groups excluding carboxylic acids is 1. The van der Waals surface area contributed by atoms with Gasteiger partial charge in [-0.25, -0.2) is 0 Å². The molecule has 96 valence electrons. The number of hydrogen-bond acceptors (Lipinski definition) is 4. The van der Waals surface area contributed by atoms with Crippen LogP contribution in [-0.2, 0) is 21.8 Å². The van der Waals surface area contributed by atoms with Gasteiger partial charge >= 0.3 is 5.97 Å². The molecule has 0 atom stereocenters. The van der Waals surface area contributed by atoms with Crippen LogP contribution in [0.5, 0.6) is 5.75 Å². The molecule has 1 aromatic rings. The second kappa shape index (κ2) is 6.87. The summed E-state index contributed by atoms with van der Waals surface area (Å²) >= 11 is 5.80. The third kappa shape index (κ3) is 3.14. The molecule has 0 saturated carbocycles. The third-order valence-electron chi connectivity index (χ3n) is 2.44. The third-order valence-corrected chi connectivity index (χ3v) is 2.72. The van der Waals surface area contributed by atoms with E-state index in [4.69, 9.17) is 26.3 Å². The van der Waals surface area contributed by atoms with Crippen molar-refractivity contribution in [1.82, 2.24) is 0 Å². The lowest BCUT2D eigenvalue weighted by Crippen LogP contribution is -2.10. The number of hydrogen-bond donors (Lipinski definition) is 0. The van der Waals surface area contributed by atoms with Gasteiger partial charge in [-0.05, 0) is 13.0 Å². The van der Waals surface area contributed by atoms with Gasteiger partial charge in [-0.1, -0.05) is 6.07 Å². The first-order valence-corrected chi connectivity index (χ1v) is 6.01. The molecule has 0 fully saturated rings. The van der Waals surface area contributed by atoms with E-state index in [1.165, 1.54) is 7.11 Å². The summed E-state index contributed by atoms with van der Waals surface area (Å²) < 4.78 is 10.1. The number of benzene rings is 1. The minimum absolute atomic E-state index is 0.00460. The van der Waals surface area contributed by atoms with Gasteiger partial charge in [0.1, 0.15) is 5.75 Å². The summed E-state index contributed by atoms with van der Waals surface area (Å²) in [6.45, 7) is 2.04. The number of carbonyl (C=O) groups is 1. The van der Waals surface area contributed by atoms with Crippen molar-refractivity contribution in [2.75, 3.05) is 13.7 Å². The minimum Gasteiger partial charge on any atom is -0.496 e. The van der Waals surface area contributed by atoms with Crippen LogP contribution in [0.25, 0.3) is 0 Å². The Morgan fingerprint density at radius 1 is 1.50 bits per heavy atom. The van der Waals surface area contributed by atoms with Gasteiger partial charge in [0.05, 0.1) is 37.7 Å². The molecule has 0 aliphatic carbocycles. The van der Waals surface area contributed by atoms with E-state index in [-0.39, 0.29) is 18.3 Å². The first-order chi connectivity index (χ1) is 8.67. The highest BCUT2D eigenvalue weighted by atomic mass is 35.5. The van der Waals surface area contributed by atoms with Crippen molar-refractivity contribution in [3.8, 4) is 11.8 Å². The first kappa shape index (κ1) is 14.3. The molecule has 0 amide bonds. The molecule has 18 heavy (non-hydrogen) atoms. The highest BCUT2D eigenvalue weighted by Crippen LogP contribution is 2.29. The number of alkyl halides is 1. The molecule has 0 aliphatic heterocycles. The van der Waals surface area contributed by atoms with E-state index in [9.17, 15) is 4.79 Å². The number of ether oxygens (including phenoxy) is 2. The van der Waals surface area contributed by atoms with Gasteiger partial charge in [-0.2, -0.15) is 5.26 Å². The minimum atomic E-state index is -0.390. The van der Waals surface area contributed by atoms with Crippen LogP contribution in [0.3, 0.4) is 0 Å². The molecule has 0 N–H and O–H groups in total. The average molecular weight is 268 g/mol. The van der Waals surface area contributed by atoms with Gasteiger partial charge in [-0.15, -0.1) is 11.6 Å². The zero-order valence-electron chi connectivity index (χ0n) is 10.3. The average Bonchev–Trinajstić information content (AvgIpc) is 2.38. The van der Waals surface area contributed by atoms with Crippen molar-refractivity contribution >= 4 is 17.6 Å². The van der Waals surface area contributed by atoms with Crippen LogP contribution >= 0.6 is 11.6 Å². The summed E-state index contributed by atoms with van der Waals surface area (Å²) in [4.78, 5) is 11.5. The molecule has 0 bridgehead atoms. The van der Waals surface area contributed by atoms with E-state index in [1.54, 1.807) is 19.1 Å². The van der Waals surface area contributed by atoms with Crippen molar-refractivity contribution in [1.29, 1.82) is 5.26 Å². The normalized spacial score (nSPS) is 9.67. The van der Waals surface area contributed by atoms with E-state index in [2.05, 4.69) is 0 Å². The summed E-state index contributed by atoms with van der Waals surface area (Å²) in [6, 6.07) is 5.39. The fraction of sp³-hybridized carbons (Fsp3) is 0.385. The lowest BCUT2D eigenvalue weighted by atomic mass is 10.0. The quantitative estimate of drug-likeness (QED) is 0.607. The SMILES string of the molecule is CCOC(=O)Cc1c(C#N)ccc(CCl)c1OC. The molecular weight excluding hydrogens is 254 g/mol. The molecule has 0 unspecified atom stereocenters. The molecule has 0 aromatic heterocycles. The Bertz CT molecular complexity index is 480. The van der Waals surface area contributed by atoms with Crippen LogP contribution in [-0.4, -0.2) is 19.7 Å². The van der Waals surface area contributed by atoms with Gasteiger partial charge in [0, 0.05) is 11.1 Å². The molecule has 0 heterocycles. The Kier molecular flexibility index (Phi) is 5.47. The van der Waals surface area contributed by atoms with Crippen LogP contribution in [0.15, 0.2) is 12.1 Å². The van der Waals surface area contributed by atoms with E-state index < -0.39 is 0 Å². The van der Waals surface area contributed by atoms with Crippen molar-refractivity contribution in [3.63, 3.8) is 0 Å². The standard InChI is InChI=1S/C13H14ClNO3/c1-3-18-12(16)6-11-10(8-15)5-4-9(7-14)13(11)17-2/h4-5H,3,6-7H2,1-2H3. The van der Waals surface area contributed by atoms with E-state index in [0.29, 0.717) is 23.5 Å². The van der Waals surface area contributed by atoms with Crippen molar-refractivity contribution in [3.05, 3.63) is 28.8 Å². The van der Waals surface area contributed by atoms with Crippen LogP contribution < -0.4 is 4.74 Å². The van der Waals surface area contributed by atoms with E-state index in [1.807, 2.05) is 6.07 Å². The van der Waals surface area contributed by atoms with Gasteiger partial charge in [0.2, 0.25) is 0 Å². The van der Waals surface area contributed by atoms with Crippen LogP contribution in [0.4, 0.5) is 0 Å². The molecule has 0 radical (unpaired) electrons. The summed E-state index contributed by atoms with van der Waals surface area (Å²) in [7, 11) is 1.49. The largest absolute Gasteiger partial charge is 0.496 e. The maximum atomic E-state index is 11.5. The molecule has 5 heteroatoms. The summed E-state index contributed by atoms with van der Waals surface area (Å²) in [5.74, 6) is 0.348. The summed E-state index contributed by atoms with van der Waals surface area (Å²) in [5.41, 5.74) is 1.67. The molecule has 1 aromatic carbocycles. The Hall–Kier alpha value is -1.73. The number of nitrogens with zero attached hydrogens (tertiary/aromatic N) is 1. The highest BCUT2D eigenvalue weighted by molar-refractivity contribution is 6.17. The Balaban J connectivity index is 3.20. The Morgan fingerprint density at radius 2 is 2.22 bits per heavy atom. The number of halogens is 1. The van der Waals surface area contributed by atoms with Crippen molar-refractivity contribution in [2.24, 2.45) is 0 Å². The van der Waals surface area contributed by atoms with Gasteiger partial charge in [0.15, 0.2) is 0 Å². The molecule has 1 rings (SSSR count). The fourth-order valence-electron chi connectivity index (χ4n) is 1.67. The van der Waals surface area contributed by atoms with Crippen molar-refractivity contribution < 1.29 is 14.3 Å². The van der Waals surface area contributed by atoms with E-state index in [0.717, 1.165) is 5.56 Å². The number of esters is 1. The molecule has 0 spiro atoms. The Morgan fingerprint density at radius 3 is 2.72 bits per heavy atom. The Labute approximate surface area is 111 Å². The molecule has 4 nitrogen and oxygen atoms in total. The summed E-state index contributed by atoms with van der Waals surface area (Å²) in [5, 5.41) is 9.05. The maximum Gasteiger partial charge on any atom is 0.310 e. The molecule has 0 aliphatic rings. The second-order valence-electron chi connectivity index (χ2n) is 3.51. The second-order valence-corrected chi connectivity index (χ2v) is 3.78. The highest BCUT2D eigenvalue weighted by Gasteiger charge is 2.17. The summed E-state index contributed by atoms with van der Waals surface area (Å²) in [6.07, 6.45) is 0.00460. The number of rotatable bonds is 5. The van der Waals surface area contributed by atoms with Crippen LogP contribution in [0.2, 0.25) is 0 Å². The zero-order chi connectivity index (χ0) is 13.5. The number of nitriles is 1. The fourth-order valence-corrected chi connectivity index (χ4v) is 1.88. The van der Waals surface area contributed by atoms with Gasteiger partial charge in [-0.3, -0.25) is 4.79 Å². The topological polar surface area (TPSA) is 59.3 Å². The molecular formula is C13H14ClNO3. The predicted octanol–water partition coefficient (Wildman–Crippen LogP) is 2.41. The maximum absolute atomic E-state index is 11.5. The smallest absolute Gasteiger partial charge is 0.310 e. The van der Waals surface area contributed by atoms with Crippen LogP contribution in [0.1, 0.15) is 23.6 Å². The van der Waals surface area contributed by atoms with Crippen molar-refractivity contribution in [2.45, 2.75) is 19.2 Å². The zero-order valence-corrected chi connectivity index (χ0v) is 11.1. The lowest BCUT2D eigenvalue weighted by molar-refractivity contribution is -0.142. The first-order valence-electron chi connectivity index (χ1n) is 5.48. The van der Waals surface area contributed by atoms with Gasteiger partial charge < -0.3 is 9.47 Å².